The monoisotopic (exact) mass is 340 g/mol. The maximum atomic E-state index is 10.3. The van der Waals surface area contributed by atoms with Crippen molar-refractivity contribution in [2.45, 2.75) is 38.0 Å². The maximum absolute atomic E-state index is 10.3. The van der Waals surface area contributed by atoms with Crippen LogP contribution in [0.4, 0.5) is 0 Å². The number of ether oxygens (including phenoxy) is 1. The second-order valence-corrected chi connectivity index (χ2v) is 8.40. The molecule has 3 aliphatic heterocycles. The molecule has 4 heteroatoms. The average Bonchev–Trinajstić information content (AvgIpc) is 2.88. The number of hydrogen-bond donors (Lipinski definition) is 1. The van der Waals surface area contributed by atoms with Gasteiger partial charge in [-0.25, -0.2) is 0 Å². The zero-order chi connectivity index (χ0) is 17.3. The van der Waals surface area contributed by atoms with Gasteiger partial charge in [-0.05, 0) is 44.4 Å². The number of para-hydroxylation sites is 1. The van der Waals surface area contributed by atoms with Crippen molar-refractivity contribution in [1.29, 1.82) is 0 Å². The van der Waals surface area contributed by atoms with Crippen LogP contribution in [0.5, 0.6) is 0 Å². The molecule has 2 fully saturated rings. The largest absolute Gasteiger partial charge is 0.393 e. The minimum absolute atomic E-state index is 0.272. The van der Waals surface area contributed by atoms with Crippen molar-refractivity contribution in [3.63, 3.8) is 0 Å². The molecule has 5 rings (SSSR count). The third kappa shape index (κ3) is 2.11. The molecule has 4 heterocycles. The quantitative estimate of drug-likeness (QED) is 0.867. The molecule has 4 nitrogen and oxygen atoms in total. The van der Waals surface area contributed by atoms with Crippen LogP contribution in [-0.2, 0) is 18.2 Å². The number of nitrogens with zero attached hydrogens (tertiary/aromatic N) is 2. The molecule has 6 atom stereocenters. The molecule has 3 aliphatic rings. The molecule has 1 aromatic carbocycles. The number of fused-ring (bicyclic) bond motifs is 8. The normalized spacial score (nSPS) is 36.1. The number of aryl methyl sites for hydroxylation is 1. The zero-order valence-corrected chi connectivity index (χ0v) is 15.4. The van der Waals surface area contributed by atoms with E-state index in [2.05, 4.69) is 47.8 Å². The summed E-state index contributed by atoms with van der Waals surface area (Å²) in [6.45, 7) is 3.49. The molecule has 1 N–H and O–H groups in total. The fourth-order valence-electron chi connectivity index (χ4n) is 6.04. The number of aromatic nitrogens is 1. The third-order valence-corrected chi connectivity index (χ3v) is 7.33. The molecule has 0 aliphatic carbocycles. The molecule has 0 spiro atoms. The highest BCUT2D eigenvalue weighted by molar-refractivity contribution is 5.86. The van der Waals surface area contributed by atoms with E-state index < -0.39 is 0 Å². The van der Waals surface area contributed by atoms with E-state index in [1.807, 2.05) is 6.92 Å². The first-order valence-corrected chi connectivity index (χ1v) is 9.62. The van der Waals surface area contributed by atoms with Crippen LogP contribution in [0, 0.1) is 17.8 Å². The number of piperidine rings is 1. The first kappa shape index (κ1) is 15.9. The number of likely N-dealkylation sites (N-methyl/N-ethyl adjacent to an activating group) is 1. The van der Waals surface area contributed by atoms with E-state index in [1.54, 1.807) is 5.56 Å². The Morgan fingerprint density at radius 1 is 1.16 bits per heavy atom. The first-order valence-electron chi connectivity index (χ1n) is 9.62. The number of aliphatic hydroxyl groups is 1. The number of aliphatic hydroxyl groups excluding tert-OH is 1. The van der Waals surface area contributed by atoms with Gasteiger partial charge >= 0.3 is 0 Å². The van der Waals surface area contributed by atoms with E-state index in [0.29, 0.717) is 30.5 Å². The lowest BCUT2D eigenvalue weighted by molar-refractivity contribution is -0.132. The van der Waals surface area contributed by atoms with Crippen molar-refractivity contribution in [1.82, 2.24) is 9.47 Å². The molecule has 25 heavy (non-hydrogen) atoms. The summed E-state index contributed by atoms with van der Waals surface area (Å²) in [5, 5.41) is 11.7. The SMILES string of the molecule is CC(O)C1COC[C@@H]2[C@H]1C[C@H]1c3c(c4ccccc4n3C)C[C@@H]2N1C. The lowest BCUT2D eigenvalue weighted by atomic mass is 9.64. The highest BCUT2D eigenvalue weighted by Gasteiger charge is 2.51. The fourth-order valence-corrected chi connectivity index (χ4v) is 6.04. The summed E-state index contributed by atoms with van der Waals surface area (Å²) in [5.41, 5.74) is 4.39. The van der Waals surface area contributed by atoms with Crippen molar-refractivity contribution in [2.24, 2.45) is 24.8 Å². The Morgan fingerprint density at radius 3 is 2.76 bits per heavy atom. The van der Waals surface area contributed by atoms with Crippen LogP contribution in [0.15, 0.2) is 24.3 Å². The minimum atomic E-state index is -0.288. The van der Waals surface area contributed by atoms with E-state index in [4.69, 9.17) is 4.74 Å². The second kappa shape index (κ2) is 5.57. The molecule has 2 aromatic rings. The van der Waals surface area contributed by atoms with Gasteiger partial charge in [0.1, 0.15) is 0 Å². The Morgan fingerprint density at radius 2 is 1.96 bits per heavy atom. The van der Waals surface area contributed by atoms with Crippen molar-refractivity contribution in [3.05, 3.63) is 35.5 Å². The standard InChI is InChI=1S/C21H28N2O2/c1-12(24)16-10-25-11-17-14(16)8-20-21-15(9-19(17)22(20)2)13-6-4-5-7-18(13)23(21)3/h4-7,12,14,16-17,19-20,24H,8-11H2,1-3H3/t12?,14-,16?,17+,19-,20-/m0/s1. The number of rotatable bonds is 1. The van der Waals surface area contributed by atoms with Gasteiger partial charge in [-0.1, -0.05) is 18.2 Å². The topological polar surface area (TPSA) is 37.6 Å². The van der Waals surface area contributed by atoms with Crippen LogP contribution in [0.25, 0.3) is 10.9 Å². The predicted octanol–water partition coefficient (Wildman–Crippen LogP) is 2.74. The summed E-state index contributed by atoms with van der Waals surface area (Å²) in [4.78, 5) is 2.59. The summed E-state index contributed by atoms with van der Waals surface area (Å²) in [6, 6.07) is 9.79. The highest BCUT2D eigenvalue weighted by Crippen LogP contribution is 2.51. The van der Waals surface area contributed by atoms with Crippen molar-refractivity contribution >= 4 is 10.9 Å². The molecule has 0 amide bonds. The fraction of sp³-hybridized carbons (Fsp3) is 0.619. The number of hydrogen-bond acceptors (Lipinski definition) is 3. The van der Waals surface area contributed by atoms with E-state index in [-0.39, 0.29) is 12.0 Å². The van der Waals surface area contributed by atoms with Crippen molar-refractivity contribution in [3.8, 4) is 0 Å². The maximum Gasteiger partial charge on any atom is 0.0565 e. The zero-order valence-electron chi connectivity index (χ0n) is 15.4. The van der Waals surface area contributed by atoms with Gasteiger partial charge in [-0.3, -0.25) is 4.90 Å². The average molecular weight is 340 g/mol. The molecular formula is C21H28N2O2. The molecular weight excluding hydrogens is 312 g/mol. The summed E-state index contributed by atoms with van der Waals surface area (Å²) < 4.78 is 8.36. The lowest BCUT2D eigenvalue weighted by Gasteiger charge is -2.55. The van der Waals surface area contributed by atoms with Crippen molar-refractivity contribution in [2.75, 3.05) is 20.3 Å². The Balaban J connectivity index is 1.65. The first-order chi connectivity index (χ1) is 12.1. The van der Waals surface area contributed by atoms with Crippen LogP contribution in [0.3, 0.4) is 0 Å². The van der Waals surface area contributed by atoms with Gasteiger partial charge < -0.3 is 14.4 Å². The van der Waals surface area contributed by atoms with Crippen molar-refractivity contribution < 1.29 is 9.84 Å². The van der Waals surface area contributed by atoms with Crippen LogP contribution in [0.1, 0.15) is 30.6 Å². The van der Waals surface area contributed by atoms with Gasteiger partial charge in [0.15, 0.2) is 0 Å². The summed E-state index contributed by atoms with van der Waals surface area (Å²) >= 11 is 0. The van der Waals surface area contributed by atoms with Crippen LogP contribution in [-0.4, -0.2) is 47.0 Å². The van der Waals surface area contributed by atoms with Gasteiger partial charge in [-0.2, -0.15) is 0 Å². The van der Waals surface area contributed by atoms with Gasteiger partial charge in [0.05, 0.1) is 25.4 Å². The van der Waals surface area contributed by atoms with Gasteiger partial charge in [0.2, 0.25) is 0 Å². The third-order valence-electron chi connectivity index (χ3n) is 7.33. The second-order valence-electron chi connectivity index (χ2n) is 8.40. The Hall–Kier alpha value is -1.36. The van der Waals surface area contributed by atoms with E-state index in [1.165, 1.54) is 16.6 Å². The Bertz CT molecular complexity index is 812. The Kier molecular flexibility index (Phi) is 3.53. The predicted molar refractivity (Wildman–Crippen MR) is 98.5 cm³/mol. The molecule has 0 saturated carbocycles. The molecule has 2 bridgehead atoms. The van der Waals surface area contributed by atoms with E-state index in [9.17, 15) is 5.11 Å². The summed E-state index contributed by atoms with van der Waals surface area (Å²) in [6.07, 6.45) is 1.94. The van der Waals surface area contributed by atoms with Gasteiger partial charge in [0, 0.05) is 41.5 Å². The van der Waals surface area contributed by atoms with Crippen LogP contribution in [0.2, 0.25) is 0 Å². The van der Waals surface area contributed by atoms with Gasteiger partial charge in [0.25, 0.3) is 0 Å². The van der Waals surface area contributed by atoms with E-state index in [0.717, 1.165) is 19.4 Å². The minimum Gasteiger partial charge on any atom is -0.393 e. The summed E-state index contributed by atoms with van der Waals surface area (Å²) in [5.74, 6) is 1.36. The summed E-state index contributed by atoms with van der Waals surface area (Å²) in [7, 11) is 4.51. The highest BCUT2D eigenvalue weighted by atomic mass is 16.5. The van der Waals surface area contributed by atoms with Crippen LogP contribution >= 0.6 is 0 Å². The van der Waals surface area contributed by atoms with Gasteiger partial charge in [-0.15, -0.1) is 0 Å². The molecule has 134 valence electrons. The smallest absolute Gasteiger partial charge is 0.0565 e. The molecule has 2 unspecified atom stereocenters. The Labute approximate surface area is 149 Å². The molecule has 0 radical (unpaired) electrons. The molecule has 2 saturated heterocycles. The lowest BCUT2D eigenvalue weighted by Crippen LogP contribution is -2.58. The van der Waals surface area contributed by atoms with Crippen LogP contribution < -0.4 is 0 Å². The van der Waals surface area contributed by atoms with E-state index >= 15 is 0 Å². The molecule has 1 aromatic heterocycles. The number of benzene rings is 1.